The van der Waals surface area contributed by atoms with Gasteiger partial charge in [0.2, 0.25) is 0 Å². The molecule has 0 aliphatic carbocycles. The number of carboxylic acids is 1. The summed E-state index contributed by atoms with van der Waals surface area (Å²) in [6, 6.07) is 7.05. The summed E-state index contributed by atoms with van der Waals surface area (Å²) in [7, 11) is 0. The predicted molar refractivity (Wildman–Crippen MR) is 159 cm³/mol. The first-order valence-corrected chi connectivity index (χ1v) is 16.1. The van der Waals surface area contributed by atoms with Gasteiger partial charge in [-0.1, -0.05) is 30.0 Å². The van der Waals surface area contributed by atoms with Crippen LogP contribution >= 0.6 is 11.8 Å². The number of aliphatic hydroxyl groups is 10. The first-order valence-electron chi connectivity index (χ1n) is 15.3. The number of carboxylic acid groups (broad SMARTS) is 1. The first-order chi connectivity index (χ1) is 23.2. The Labute approximate surface area is 311 Å². The van der Waals surface area contributed by atoms with Crippen LogP contribution in [0.15, 0.2) is 40.2 Å². The molecule has 16 atom stereocenters. The Morgan fingerprint density at radius 3 is 2.18 bits per heavy atom. The van der Waals surface area contributed by atoms with Crippen molar-refractivity contribution >= 4 is 23.6 Å². The average Bonchev–Trinajstić information content (AvgIpc) is 3.07. The van der Waals surface area contributed by atoms with Crippen molar-refractivity contribution in [2.45, 2.75) is 115 Å². The number of rotatable bonds is 13. The van der Waals surface area contributed by atoms with Gasteiger partial charge in [0.25, 0.3) is 5.79 Å². The van der Waals surface area contributed by atoms with Crippen molar-refractivity contribution in [3.63, 3.8) is 0 Å². The second kappa shape index (κ2) is 18.8. The van der Waals surface area contributed by atoms with Crippen LogP contribution in [0.3, 0.4) is 0 Å². The summed E-state index contributed by atoms with van der Waals surface area (Å²) in [5.41, 5.74) is -1.08. The number of ether oxygens (including phenoxy) is 5. The molecule has 0 unspecified atom stereocenters. The van der Waals surface area contributed by atoms with Gasteiger partial charge in [-0.25, -0.2) is 4.79 Å². The number of benzene rings is 1. The van der Waals surface area contributed by atoms with Crippen LogP contribution in [0, 0.1) is 0 Å². The third kappa shape index (κ3) is 9.52. The number of thioether (sulfide) groups is 1. The third-order valence-electron chi connectivity index (χ3n) is 8.37. The fourth-order valence-corrected chi connectivity index (χ4v) is 6.90. The molecule has 3 heterocycles. The monoisotopic (exact) mass is 747 g/mol. The largest absolute Gasteiger partial charge is 1.00 e. The van der Waals surface area contributed by atoms with Crippen LogP contribution in [0.4, 0.5) is 0 Å². The van der Waals surface area contributed by atoms with Gasteiger partial charge in [-0.15, -0.1) is 0 Å². The van der Waals surface area contributed by atoms with Gasteiger partial charge in [-0.3, -0.25) is 4.99 Å². The van der Waals surface area contributed by atoms with E-state index < -0.39 is 135 Å². The summed E-state index contributed by atoms with van der Waals surface area (Å²) in [6.07, 6.45) is -25.2. The van der Waals surface area contributed by atoms with Crippen molar-refractivity contribution < 1.29 is 119 Å². The topological polar surface area (TPSA) is 321 Å². The zero-order valence-corrected chi connectivity index (χ0v) is 29.8. The first kappa shape index (κ1) is 43.3. The summed E-state index contributed by atoms with van der Waals surface area (Å²) in [4.78, 5) is 17.0. The van der Waals surface area contributed by atoms with Gasteiger partial charge < -0.3 is 85.0 Å². The Kier molecular flexibility index (Phi) is 16.3. The fraction of sp³-hybridized carbons (Fsp3) is 0.724. The minimum absolute atomic E-state index is 0. The molecule has 3 aliphatic heterocycles. The number of nitrogens with zero attached hydrogens (tertiary/aromatic N) is 1. The third-order valence-corrected chi connectivity index (χ3v) is 9.53. The Bertz CT molecular complexity index is 1250. The quantitative estimate of drug-likeness (QED) is 0.0507. The number of aliphatic hydroxyl groups excluding tert-OH is 10. The van der Waals surface area contributed by atoms with E-state index in [2.05, 4.69) is 4.99 Å². The van der Waals surface area contributed by atoms with Crippen molar-refractivity contribution in [3.05, 3.63) is 30.3 Å². The molecule has 0 spiro atoms. The van der Waals surface area contributed by atoms with Crippen LogP contribution in [-0.4, -0.2) is 185 Å². The summed E-state index contributed by atoms with van der Waals surface area (Å²) < 4.78 is 28.2. The molecular formula is C29H42NNaO18S. The van der Waals surface area contributed by atoms with Gasteiger partial charge in [0.1, 0.15) is 78.6 Å². The molecule has 19 nitrogen and oxygen atoms in total. The summed E-state index contributed by atoms with van der Waals surface area (Å²) in [5, 5.41) is 127. The van der Waals surface area contributed by atoms with E-state index in [4.69, 9.17) is 23.7 Å². The maximum Gasteiger partial charge on any atom is 1.00 e. The van der Waals surface area contributed by atoms with Crippen LogP contribution in [0.1, 0.15) is 13.3 Å². The predicted octanol–water partition coefficient (Wildman–Crippen LogP) is -8.78. The van der Waals surface area contributed by atoms with Crippen LogP contribution < -0.4 is 34.7 Å². The molecule has 0 bridgehead atoms. The number of aliphatic imine (C=N–C) groups is 1. The Morgan fingerprint density at radius 2 is 1.62 bits per heavy atom. The van der Waals surface area contributed by atoms with E-state index in [1.54, 1.807) is 30.3 Å². The van der Waals surface area contributed by atoms with Crippen molar-refractivity contribution in [2.24, 2.45) is 4.99 Å². The number of aliphatic carboxylic acids is 1. The molecule has 3 aliphatic rings. The second-order valence-corrected chi connectivity index (χ2v) is 13.0. The Balaban J connectivity index is 0.00000676. The zero-order chi connectivity index (χ0) is 36.2. The maximum atomic E-state index is 12.7. The minimum atomic E-state index is -3.03. The molecule has 21 heteroatoms. The number of hydrogen-bond acceptors (Lipinski definition) is 19. The zero-order valence-electron chi connectivity index (χ0n) is 27.0. The standard InChI is InChI=1S/C29H43NO18S.Na/c1-11(34)30-17-13(35)7-29(28(42)43,47-24(17)18(37)14(36)8-31)48-25-19(38)15(9-32)44-26(22(25)41)46-23-16(10-33)45-27(21(40)20(23)39)49-12-5-3-2-4-6-12;/h2-6,13-27,31-33,35-41H,7-10H2,1H3,(H,30,34)(H,42,43);/q;+1/p-1/t13-,14+,15+,16+,17+,18+,19-,20+,21+,22+,23+,24+,25-,26-,27-,29-;/m0./s1. The second-order valence-electron chi connectivity index (χ2n) is 11.8. The van der Waals surface area contributed by atoms with E-state index in [1.165, 1.54) is 0 Å². The Morgan fingerprint density at radius 1 is 0.980 bits per heavy atom. The summed E-state index contributed by atoms with van der Waals surface area (Å²) in [5.74, 6) is -5.86. The molecule has 0 radical (unpaired) electrons. The molecule has 1 aromatic carbocycles. The molecule has 0 amide bonds. The van der Waals surface area contributed by atoms with Crippen molar-refractivity contribution in [1.82, 2.24) is 0 Å². The van der Waals surface area contributed by atoms with Gasteiger partial charge in [-0.05, 0) is 25.0 Å². The van der Waals surface area contributed by atoms with Crippen molar-refractivity contribution in [2.75, 3.05) is 19.8 Å². The number of carbonyl (C=O) groups is 1. The number of hydrogen-bond donors (Lipinski definition) is 11. The van der Waals surface area contributed by atoms with Gasteiger partial charge in [0, 0.05) is 11.3 Å². The van der Waals surface area contributed by atoms with Crippen LogP contribution in [0.5, 0.6) is 0 Å². The molecule has 4 rings (SSSR count). The molecule has 0 saturated carbocycles. The molecule has 3 saturated heterocycles. The van der Waals surface area contributed by atoms with E-state index >= 15 is 0 Å². The normalized spacial score (nSPS) is 40.8. The van der Waals surface area contributed by atoms with Crippen LogP contribution in [0.25, 0.3) is 0 Å². The molecule has 3 fully saturated rings. The smallest absolute Gasteiger partial charge is 0.862 e. The van der Waals surface area contributed by atoms with E-state index in [-0.39, 0.29) is 29.6 Å². The van der Waals surface area contributed by atoms with E-state index in [9.17, 15) is 66.1 Å². The van der Waals surface area contributed by atoms with Crippen LogP contribution in [-0.2, 0) is 28.5 Å². The maximum absolute atomic E-state index is 12.7. The van der Waals surface area contributed by atoms with Gasteiger partial charge >= 0.3 is 35.5 Å². The van der Waals surface area contributed by atoms with E-state index in [0.717, 1.165) is 18.7 Å². The average molecular weight is 748 g/mol. The van der Waals surface area contributed by atoms with Crippen LogP contribution in [0.2, 0.25) is 0 Å². The van der Waals surface area contributed by atoms with Gasteiger partial charge in [0.15, 0.2) is 6.29 Å². The van der Waals surface area contributed by atoms with Gasteiger partial charge in [0.05, 0.1) is 25.9 Å². The fourth-order valence-electron chi connectivity index (χ4n) is 5.82. The van der Waals surface area contributed by atoms with Crippen molar-refractivity contribution in [1.29, 1.82) is 0 Å². The molecule has 0 aromatic heterocycles. The van der Waals surface area contributed by atoms with E-state index in [0.29, 0.717) is 4.90 Å². The van der Waals surface area contributed by atoms with E-state index in [1.807, 2.05) is 0 Å². The molecule has 1 aromatic rings. The minimum Gasteiger partial charge on any atom is -0.862 e. The molecule has 278 valence electrons. The summed E-state index contributed by atoms with van der Waals surface area (Å²) >= 11 is 1.05. The molecule has 11 N–H and O–H groups in total. The van der Waals surface area contributed by atoms with Gasteiger partial charge in [-0.2, -0.15) is 0 Å². The SMILES string of the molecule is CC([O-])=N[C@H]1[C@H]([C@H](O)[C@H](O)CO)O[C@@](O[C@H]2[C@@H](O)[C@@H](CO)O[C@@H](O[C@H]3[C@H](O)[C@@H](O)[C@H](Sc4ccccc4)O[C@@H]3CO)[C@@H]2O)(C(=O)O)C[C@@H]1O.[Na+]. The Hall–Kier alpha value is -1.09. The molecular weight excluding hydrogens is 705 g/mol. The molecule has 50 heavy (non-hydrogen) atoms. The van der Waals surface area contributed by atoms with Crippen molar-refractivity contribution in [3.8, 4) is 0 Å². The summed E-state index contributed by atoms with van der Waals surface area (Å²) in [6.45, 7) is -1.76.